The molecule has 0 spiro atoms. The van der Waals surface area contributed by atoms with Crippen molar-refractivity contribution in [1.82, 2.24) is 4.57 Å². The molecule has 0 aliphatic carbocycles. The molecule has 0 amide bonds. The predicted molar refractivity (Wildman–Crippen MR) is 107 cm³/mol. The molecule has 0 saturated carbocycles. The largest absolute Gasteiger partial charge is 0.494 e. The molecular weight excluding hydrogens is 344 g/mol. The van der Waals surface area contributed by atoms with Gasteiger partial charge >= 0.3 is 0 Å². The lowest BCUT2D eigenvalue weighted by molar-refractivity contribution is 0.275. The van der Waals surface area contributed by atoms with E-state index in [1.807, 2.05) is 31.2 Å². The first-order valence-electron chi connectivity index (χ1n) is 8.76. The molecule has 3 rings (SSSR count). The Hall–Kier alpha value is -2.37. The predicted octanol–water partition coefficient (Wildman–Crippen LogP) is 4.46. The summed E-state index contributed by atoms with van der Waals surface area (Å²) in [6, 6.07) is 14.2. The van der Waals surface area contributed by atoms with Crippen LogP contribution in [0.1, 0.15) is 18.1 Å². The molecule has 26 heavy (non-hydrogen) atoms. The Balaban J connectivity index is 2.04. The molecule has 4 nitrogen and oxygen atoms in total. The second kappa shape index (κ2) is 8.34. The topological polar surface area (TPSA) is 46.8 Å². The average molecular weight is 369 g/mol. The highest BCUT2D eigenvalue weighted by Crippen LogP contribution is 2.25. The van der Waals surface area contributed by atoms with Crippen LogP contribution in [0, 0.1) is 13.8 Å². The van der Waals surface area contributed by atoms with E-state index in [0.717, 1.165) is 21.9 Å². The van der Waals surface area contributed by atoms with Gasteiger partial charge in [0, 0.05) is 17.5 Å². The maximum Gasteiger partial charge on any atom is 0.190 e. The summed E-state index contributed by atoms with van der Waals surface area (Å²) in [5, 5.41) is 11.6. The zero-order valence-corrected chi connectivity index (χ0v) is 16.2. The highest BCUT2D eigenvalue weighted by atomic mass is 32.1. The fraction of sp³-hybridized carbons (Fsp3) is 0.286. The number of ether oxygens (including phenoxy) is 1. The molecule has 0 radical (unpaired) electrons. The van der Waals surface area contributed by atoms with Gasteiger partial charge in [-0.3, -0.25) is 0 Å². The van der Waals surface area contributed by atoms with Gasteiger partial charge in [0.1, 0.15) is 5.75 Å². The molecule has 1 aromatic heterocycles. The van der Waals surface area contributed by atoms with Crippen LogP contribution in [0.3, 0.4) is 0 Å². The van der Waals surface area contributed by atoms with E-state index in [0.29, 0.717) is 13.2 Å². The number of aromatic nitrogens is 1. The third-order valence-electron chi connectivity index (χ3n) is 4.15. The van der Waals surface area contributed by atoms with E-state index in [9.17, 15) is 5.11 Å². The molecule has 1 N–H and O–H groups in total. The molecule has 136 valence electrons. The van der Waals surface area contributed by atoms with Gasteiger partial charge < -0.3 is 14.4 Å². The lowest BCUT2D eigenvalue weighted by Crippen LogP contribution is -2.18. The normalized spacial score (nSPS) is 11.8. The monoisotopic (exact) mass is 368 g/mol. The van der Waals surface area contributed by atoms with E-state index in [2.05, 4.69) is 42.0 Å². The van der Waals surface area contributed by atoms with Crippen molar-refractivity contribution in [3.05, 3.63) is 63.8 Å². The van der Waals surface area contributed by atoms with Crippen LogP contribution in [0.4, 0.5) is 5.69 Å². The van der Waals surface area contributed by atoms with Gasteiger partial charge in [-0.15, -0.1) is 11.3 Å². The first-order chi connectivity index (χ1) is 12.6. The number of rotatable bonds is 6. The first-order valence-corrected chi connectivity index (χ1v) is 9.64. The van der Waals surface area contributed by atoms with Crippen LogP contribution in [-0.2, 0) is 6.54 Å². The SMILES string of the molecule is CCOc1ccc(N=c2scc(-c3ccc(C)cc3C)n2CCO)cc1. The summed E-state index contributed by atoms with van der Waals surface area (Å²) in [5.41, 5.74) is 5.60. The zero-order valence-electron chi connectivity index (χ0n) is 15.4. The lowest BCUT2D eigenvalue weighted by atomic mass is 10.0. The zero-order chi connectivity index (χ0) is 18.5. The average Bonchev–Trinajstić information content (AvgIpc) is 3.00. The number of aliphatic hydroxyl groups excluding tert-OH is 1. The van der Waals surface area contributed by atoms with Crippen LogP contribution in [-0.4, -0.2) is 22.9 Å². The van der Waals surface area contributed by atoms with Crippen molar-refractivity contribution in [3.8, 4) is 17.0 Å². The molecule has 0 unspecified atom stereocenters. The quantitative estimate of drug-likeness (QED) is 0.698. The van der Waals surface area contributed by atoms with Gasteiger partial charge in [0.05, 0.1) is 24.6 Å². The molecule has 5 heteroatoms. The molecule has 0 saturated heterocycles. The molecule has 0 aliphatic rings. The summed E-state index contributed by atoms with van der Waals surface area (Å²) in [4.78, 5) is 5.64. The molecule has 0 fully saturated rings. The van der Waals surface area contributed by atoms with Gasteiger partial charge in [-0.25, -0.2) is 4.99 Å². The summed E-state index contributed by atoms with van der Waals surface area (Å²) in [5.74, 6) is 0.844. The summed E-state index contributed by atoms with van der Waals surface area (Å²) in [6.07, 6.45) is 0. The highest BCUT2D eigenvalue weighted by Gasteiger charge is 2.10. The van der Waals surface area contributed by atoms with Gasteiger partial charge in [0.15, 0.2) is 4.80 Å². The second-order valence-corrected chi connectivity index (χ2v) is 6.97. The maximum absolute atomic E-state index is 9.53. The van der Waals surface area contributed by atoms with E-state index in [1.165, 1.54) is 16.7 Å². The minimum atomic E-state index is 0.0745. The number of nitrogens with zero attached hydrogens (tertiary/aromatic N) is 2. The fourth-order valence-corrected chi connectivity index (χ4v) is 3.89. The van der Waals surface area contributed by atoms with Gasteiger partial charge in [0.25, 0.3) is 0 Å². The molecule has 1 heterocycles. The van der Waals surface area contributed by atoms with E-state index in [4.69, 9.17) is 9.73 Å². The van der Waals surface area contributed by atoms with Gasteiger partial charge in [0.2, 0.25) is 0 Å². The van der Waals surface area contributed by atoms with E-state index < -0.39 is 0 Å². The first kappa shape index (κ1) is 18.4. The van der Waals surface area contributed by atoms with Crippen molar-refractivity contribution in [2.24, 2.45) is 4.99 Å². The number of thiazole rings is 1. The van der Waals surface area contributed by atoms with Crippen molar-refractivity contribution < 1.29 is 9.84 Å². The molecule has 0 atom stereocenters. The van der Waals surface area contributed by atoms with Crippen molar-refractivity contribution in [2.75, 3.05) is 13.2 Å². The van der Waals surface area contributed by atoms with Crippen LogP contribution in [0.5, 0.6) is 5.75 Å². The Morgan fingerprint density at radius 2 is 1.88 bits per heavy atom. The van der Waals surface area contributed by atoms with Crippen molar-refractivity contribution in [1.29, 1.82) is 0 Å². The fourth-order valence-electron chi connectivity index (χ4n) is 2.95. The summed E-state index contributed by atoms with van der Waals surface area (Å²) in [7, 11) is 0. The molecule has 3 aromatic rings. The Morgan fingerprint density at radius 1 is 1.12 bits per heavy atom. The third-order valence-corrected chi connectivity index (χ3v) is 5.02. The molecular formula is C21H24N2O2S. The number of aliphatic hydroxyl groups is 1. The van der Waals surface area contributed by atoms with Crippen molar-refractivity contribution >= 4 is 17.0 Å². The number of aryl methyl sites for hydroxylation is 2. The molecule has 2 aromatic carbocycles. The van der Waals surface area contributed by atoms with E-state index >= 15 is 0 Å². The van der Waals surface area contributed by atoms with Gasteiger partial charge in [-0.05, 0) is 50.6 Å². The molecule has 0 bridgehead atoms. The minimum absolute atomic E-state index is 0.0745. The summed E-state index contributed by atoms with van der Waals surface area (Å²) >= 11 is 1.59. The third kappa shape index (κ3) is 4.06. The van der Waals surface area contributed by atoms with Crippen LogP contribution in [0.15, 0.2) is 52.8 Å². The van der Waals surface area contributed by atoms with Gasteiger partial charge in [-0.1, -0.05) is 23.8 Å². The summed E-state index contributed by atoms with van der Waals surface area (Å²) in [6.45, 7) is 7.42. The van der Waals surface area contributed by atoms with E-state index in [-0.39, 0.29) is 6.61 Å². The van der Waals surface area contributed by atoms with Crippen LogP contribution in [0.2, 0.25) is 0 Å². The van der Waals surface area contributed by atoms with E-state index in [1.54, 1.807) is 11.3 Å². The number of benzene rings is 2. The van der Waals surface area contributed by atoms with Crippen molar-refractivity contribution in [2.45, 2.75) is 27.3 Å². The van der Waals surface area contributed by atoms with Crippen LogP contribution >= 0.6 is 11.3 Å². The van der Waals surface area contributed by atoms with Gasteiger partial charge in [-0.2, -0.15) is 0 Å². The van der Waals surface area contributed by atoms with Crippen LogP contribution < -0.4 is 9.54 Å². The highest BCUT2D eigenvalue weighted by molar-refractivity contribution is 7.07. The second-order valence-electron chi connectivity index (χ2n) is 6.14. The van der Waals surface area contributed by atoms with Crippen LogP contribution in [0.25, 0.3) is 11.3 Å². The van der Waals surface area contributed by atoms with Crippen molar-refractivity contribution in [3.63, 3.8) is 0 Å². The Kier molecular flexibility index (Phi) is 5.91. The Morgan fingerprint density at radius 3 is 2.54 bits per heavy atom. The smallest absolute Gasteiger partial charge is 0.190 e. The Bertz CT molecular complexity index is 939. The number of hydrogen-bond acceptors (Lipinski definition) is 4. The summed E-state index contributed by atoms with van der Waals surface area (Å²) < 4.78 is 7.56. The Labute approximate surface area is 158 Å². The number of hydrogen-bond donors (Lipinski definition) is 1. The lowest BCUT2D eigenvalue weighted by Gasteiger charge is -2.10. The molecule has 0 aliphatic heterocycles. The standard InChI is InChI=1S/C21H24N2O2S/c1-4-25-18-8-6-17(7-9-18)22-21-23(11-12-24)20(14-26-21)19-10-5-15(2)13-16(19)3/h5-10,13-14,24H,4,11-12H2,1-3H3. The minimum Gasteiger partial charge on any atom is -0.494 e. The maximum atomic E-state index is 9.53.